The van der Waals surface area contributed by atoms with Gasteiger partial charge in [-0.15, -0.1) is 0 Å². The molecular formula is C21H31NO3. The Morgan fingerprint density at radius 1 is 1.20 bits per heavy atom. The molecule has 7 atom stereocenters. The zero-order chi connectivity index (χ0) is 17.8. The summed E-state index contributed by atoms with van der Waals surface area (Å²) in [4.78, 5) is 24.3. The van der Waals surface area contributed by atoms with Gasteiger partial charge in [0.1, 0.15) is 0 Å². The molecule has 1 N–H and O–H groups in total. The molecule has 4 nitrogen and oxygen atoms in total. The van der Waals surface area contributed by atoms with Gasteiger partial charge in [0.15, 0.2) is 0 Å². The van der Waals surface area contributed by atoms with Gasteiger partial charge in [-0.2, -0.15) is 0 Å². The molecule has 4 aliphatic rings. The monoisotopic (exact) mass is 345 g/mol. The predicted octanol–water partition coefficient (Wildman–Crippen LogP) is 3.46. The second-order valence-electron chi connectivity index (χ2n) is 9.14. The van der Waals surface area contributed by atoms with E-state index in [0.29, 0.717) is 24.4 Å². The molecule has 25 heavy (non-hydrogen) atoms. The van der Waals surface area contributed by atoms with Crippen LogP contribution in [0.1, 0.15) is 59.3 Å². The molecule has 3 aliphatic carbocycles. The van der Waals surface area contributed by atoms with E-state index >= 15 is 0 Å². The number of hydrogen-bond acceptors (Lipinski definition) is 3. The van der Waals surface area contributed by atoms with E-state index in [4.69, 9.17) is 4.74 Å². The van der Waals surface area contributed by atoms with Gasteiger partial charge in [0.25, 0.3) is 0 Å². The Bertz CT molecular complexity index is 614. The summed E-state index contributed by atoms with van der Waals surface area (Å²) in [6, 6.07) is 0.276. The number of hydrogen-bond donors (Lipinski definition) is 1. The molecule has 0 bridgehead atoms. The SMILES string of the molecule is CCOC(=O)[C@H]1CCC2C3CC[C@H]4NC(=O)C=C[C@]4(C)C3CC[C@@]21C. The Morgan fingerprint density at radius 3 is 2.76 bits per heavy atom. The molecule has 4 rings (SSSR count). The summed E-state index contributed by atoms with van der Waals surface area (Å²) in [5.41, 5.74) is 0.165. The van der Waals surface area contributed by atoms with Gasteiger partial charge in [-0.1, -0.05) is 19.9 Å². The Hall–Kier alpha value is -1.32. The van der Waals surface area contributed by atoms with Gasteiger partial charge < -0.3 is 10.1 Å². The maximum atomic E-state index is 12.5. The van der Waals surface area contributed by atoms with E-state index in [-0.39, 0.29) is 34.7 Å². The minimum atomic E-state index is 0.0238. The molecule has 3 fully saturated rings. The standard InChI is InChI=1S/C21H31NO3/c1-4-25-19(24)16-7-6-14-13-5-8-17-21(3,12-10-18(23)22-17)15(13)9-11-20(14,16)2/h10,12-17H,4-9,11H2,1-3H3,(H,22,23)/t13?,14?,15?,16-,17-,20+,21-/m1/s1. The van der Waals surface area contributed by atoms with Gasteiger partial charge in [0, 0.05) is 11.5 Å². The second-order valence-corrected chi connectivity index (χ2v) is 9.14. The fourth-order valence-electron chi connectivity index (χ4n) is 6.96. The zero-order valence-corrected chi connectivity index (χ0v) is 15.7. The lowest BCUT2D eigenvalue weighted by molar-refractivity contribution is -0.156. The molecule has 1 amide bonds. The largest absolute Gasteiger partial charge is 0.466 e. The maximum Gasteiger partial charge on any atom is 0.309 e. The smallest absolute Gasteiger partial charge is 0.309 e. The lowest BCUT2D eigenvalue weighted by atomic mass is 9.48. The van der Waals surface area contributed by atoms with Crippen molar-refractivity contribution in [1.29, 1.82) is 0 Å². The summed E-state index contributed by atoms with van der Waals surface area (Å²) >= 11 is 0. The van der Waals surface area contributed by atoms with Crippen LogP contribution in [-0.2, 0) is 14.3 Å². The van der Waals surface area contributed by atoms with Gasteiger partial charge in [0.05, 0.1) is 12.5 Å². The molecular weight excluding hydrogens is 314 g/mol. The van der Waals surface area contributed by atoms with Crippen LogP contribution in [0.5, 0.6) is 0 Å². The van der Waals surface area contributed by atoms with E-state index in [2.05, 4.69) is 25.2 Å². The maximum absolute atomic E-state index is 12.5. The molecule has 138 valence electrons. The van der Waals surface area contributed by atoms with Gasteiger partial charge in [-0.3, -0.25) is 9.59 Å². The van der Waals surface area contributed by atoms with Crippen LogP contribution in [0.15, 0.2) is 12.2 Å². The van der Waals surface area contributed by atoms with Crippen molar-refractivity contribution in [2.45, 2.75) is 65.3 Å². The van der Waals surface area contributed by atoms with Crippen molar-refractivity contribution in [2.75, 3.05) is 6.61 Å². The van der Waals surface area contributed by atoms with Gasteiger partial charge >= 0.3 is 5.97 Å². The van der Waals surface area contributed by atoms with Gasteiger partial charge in [-0.25, -0.2) is 0 Å². The number of ether oxygens (including phenoxy) is 1. The van der Waals surface area contributed by atoms with Crippen molar-refractivity contribution in [3.63, 3.8) is 0 Å². The molecule has 3 unspecified atom stereocenters. The summed E-state index contributed by atoms with van der Waals surface area (Å²) in [5, 5.41) is 3.20. The molecule has 1 heterocycles. The Labute approximate surface area is 150 Å². The first-order valence-corrected chi connectivity index (χ1v) is 10.1. The summed E-state index contributed by atoms with van der Waals surface area (Å²) in [5.74, 6) is 2.05. The van der Waals surface area contributed by atoms with Crippen molar-refractivity contribution < 1.29 is 14.3 Å². The number of carbonyl (C=O) groups excluding carboxylic acids is 2. The number of carbonyl (C=O) groups is 2. The van der Waals surface area contributed by atoms with Crippen LogP contribution in [0, 0.1) is 34.5 Å². The van der Waals surface area contributed by atoms with Crippen LogP contribution in [-0.4, -0.2) is 24.5 Å². The van der Waals surface area contributed by atoms with Crippen molar-refractivity contribution in [2.24, 2.45) is 34.5 Å². The molecule has 0 aromatic carbocycles. The van der Waals surface area contributed by atoms with Crippen LogP contribution in [0.4, 0.5) is 0 Å². The van der Waals surface area contributed by atoms with Crippen molar-refractivity contribution in [3.8, 4) is 0 Å². The normalized spacial score (nSPS) is 48.1. The van der Waals surface area contributed by atoms with Crippen LogP contribution in [0.25, 0.3) is 0 Å². The number of nitrogens with one attached hydrogen (secondary N) is 1. The highest BCUT2D eigenvalue weighted by Crippen LogP contribution is 2.65. The third-order valence-electron chi connectivity index (χ3n) is 8.26. The molecule has 0 aromatic heterocycles. The lowest BCUT2D eigenvalue weighted by Gasteiger charge is -2.58. The molecule has 4 heteroatoms. The third-order valence-corrected chi connectivity index (χ3v) is 8.26. The Kier molecular flexibility index (Phi) is 4.01. The van der Waals surface area contributed by atoms with Crippen molar-refractivity contribution >= 4 is 11.9 Å². The molecule has 3 saturated carbocycles. The fourth-order valence-corrected chi connectivity index (χ4v) is 6.96. The number of amides is 1. The quantitative estimate of drug-likeness (QED) is 0.780. The van der Waals surface area contributed by atoms with Crippen LogP contribution < -0.4 is 5.32 Å². The van der Waals surface area contributed by atoms with E-state index in [0.717, 1.165) is 32.1 Å². The number of fused-ring (bicyclic) bond motifs is 5. The molecule has 0 aromatic rings. The summed E-state index contributed by atoms with van der Waals surface area (Å²) in [6.07, 6.45) is 10.6. The Morgan fingerprint density at radius 2 is 2.00 bits per heavy atom. The fraction of sp³-hybridized carbons (Fsp3) is 0.810. The highest BCUT2D eigenvalue weighted by atomic mass is 16.5. The highest BCUT2D eigenvalue weighted by Gasteiger charge is 2.61. The van der Waals surface area contributed by atoms with Crippen LogP contribution in [0.2, 0.25) is 0 Å². The van der Waals surface area contributed by atoms with Gasteiger partial charge in [0.2, 0.25) is 5.91 Å². The summed E-state index contributed by atoms with van der Waals surface area (Å²) in [7, 11) is 0. The molecule has 0 saturated heterocycles. The number of rotatable bonds is 2. The first-order chi connectivity index (χ1) is 11.9. The van der Waals surface area contributed by atoms with Gasteiger partial charge in [-0.05, 0) is 74.7 Å². The second kappa shape index (κ2) is 5.85. The topological polar surface area (TPSA) is 55.4 Å². The summed E-state index contributed by atoms with van der Waals surface area (Å²) in [6.45, 7) is 7.06. The minimum absolute atomic E-state index is 0.0238. The first-order valence-electron chi connectivity index (χ1n) is 10.1. The van der Waals surface area contributed by atoms with E-state index in [1.807, 2.05) is 6.92 Å². The number of esters is 1. The van der Waals surface area contributed by atoms with Crippen molar-refractivity contribution in [3.05, 3.63) is 12.2 Å². The van der Waals surface area contributed by atoms with Crippen molar-refractivity contribution in [1.82, 2.24) is 5.32 Å². The molecule has 0 radical (unpaired) electrons. The first kappa shape index (κ1) is 17.1. The zero-order valence-electron chi connectivity index (χ0n) is 15.7. The minimum Gasteiger partial charge on any atom is -0.466 e. The van der Waals surface area contributed by atoms with E-state index in [1.54, 1.807) is 6.08 Å². The average Bonchev–Trinajstić information content (AvgIpc) is 2.93. The Balaban J connectivity index is 1.61. The molecule has 0 spiro atoms. The van der Waals surface area contributed by atoms with Crippen LogP contribution >= 0.6 is 0 Å². The predicted molar refractivity (Wildman–Crippen MR) is 95.6 cm³/mol. The lowest BCUT2D eigenvalue weighted by Crippen LogP contribution is -2.59. The molecule has 1 aliphatic heterocycles. The third kappa shape index (κ3) is 2.39. The van der Waals surface area contributed by atoms with E-state index < -0.39 is 0 Å². The highest BCUT2D eigenvalue weighted by molar-refractivity contribution is 5.89. The average molecular weight is 345 g/mol. The van der Waals surface area contributed by atoms with E-state index in [1.165, 1.54) is 6.42 Å². The van der Waals surface area contributed by atoms with Crippen LogP contribution in [0.3, 0.4) is 0 Å². The summed E-state index contributed by atoms with van der Waals surface area (Å²) < 4.78 is 5.40. The van der Waals surface area contributed by atoms with E-state index in [9.17, 15) is 9.59 Å².